The molecule has 1 aromatic carbocycles. The van der Waals surface area contributed by atoms with Gasteiger partial charge in [0.1, 0.15) is 5.82 Å². The lowest BCUT2D eigenvalue weighted by atomic mass is 10.00. The standard InChI is InChI=1S/C13H15F3O2/c1-9-8-10(5-6-11(9)14)13(15,16)7-3-2-4-12(17)18/h5-6,8H,2-4,7H2,1H3,(H,17,18). The molecule has 0 aromatic heterocycles. The highest BCUT2D eigenvalue weighted by Gasteiger charge is 2.31. The number of alkyl halides is 2. The minimum absolute atomic E-state index is 0.113. The van der Waals surface area contributed by atoms with E-state index in [2.05, 4.69) is 0 Å². The highest BCUT2D eigenvalue weighted by molar-refractivity contribution is 5.66. The molecule has 0 amide bonds. The summed E-state index contributed by atoms with van der Waals surface area (Å²) in [4.78, 5) is 10.2. The van der Waals surface area contributed by atoms with Gasteiger partial charge in [-0.2, -0.15) is 0 Å². The third-order valence-electron chi connectivity index (χ3n) is 2.71. The molecule has 100 valence electrons. The van der Waals surface area contributed by atoms with Crippen molar-refractivity contribution in [2.75, 3.05) is 0 Å². The van der Waals surface area contributed by atoms with Crippen molar-refractivity contribution in [1.82, 2.24) is 0 Å². The largest absolute Gasteiger partial charge is 0.481 e. The normalized spacial score (nSPS) is 11.6. The van der Waals surface area contributed by atoms with Gasteiger partial charge in [-0.1, -0.05) is 6.07 Å². The number of halogens is 3. The quantitative estimate of drug-likeness (QED) is 0.788. The Labute approximate surface area is 103 Å². The van der Waals surface area contributed by atoms with Crippen LogP contribution in [0.5, 0.6) is 0 Å². The molecule has 0 aliphatic heterocycles. The Morgan fingerprint density at radius 2 is 2.00 bits per heavy atom. The van der Waals surface area contributed by atoms with Gasteiger partial charge in [0.15, 0.2) is 0 Å². The fourth-order valence-electron chi connectivity index (χ4n) is 1.64. The minimum Gasteiger partial charge on any atom is -0.481 e. The molecule has 0 atom stereocenters. The van der Waals surface area contributed by atoms with E-state index in [1.165, 1.54) is 6.92 Å². The minimum atomic E-state index is -3.04. The lowest BCUT2D eigenvalue weighted by Gasteiger charge is -2.17. The summed E-state index contributed by atoms with van der Waals surface area (Å²) in [5, 5.41) is 8.40. The van der Waals surface area contributed by atoms with E-state index in [-0.39, 0.29) is 30.4 Å². The summed E-state index contributed by atoms with van der Waals surface area (Å²) in [5.74, 6) is -4.55. The molecule has 2 nitrogen and oxygen atoms in total. The first kappa shape index (κ1) is 14.5. The maximum absolute atomic E-state index is 13.7. The number of aliphatic carboxylic acids is 1. The zero-order chi connectivity index (χ0) is 13.8. The molecule has 1 rings (SSSR count). The third-order valence-corrected chi connectivity index (χ3v) is 2.71. The number of carboxylic acids is 1. The maximum atomic E-state index is 13.7. The monoisotopic (exact) mass is 260 g/mol. The number of aryl methyl sites for hydroxylation is 1. The van der Waals surface area contributed by atoms with Crippen LogP contribution < -0.4 is 0 Å². The molecule has 0 aliphatic carbocycles. The summed E-state index contributed by atoms with van der Waals surface area (Å²) in [6, 6.07) is 3.22. The van der Waals surface area contributed by atoms with Gasteiger partial charge in [-0.15, -0.1) is 0 Å². The molecule has 5 heteroatoms. The Balaban J connectivity index is 2.61. The number of benzene rings is 1. The second-order valence-electron chi connectivity index (χ2n) is 4.27. The summed E-state index contributed by atoms with van der Waals surface area (Å²) >= 11 is 0. The topological polar surface area (TPSA) is 37.3 Å². The van der Waals surface area contributed by atoms with E-state index in [9.17, 15) is 18.0 Å². The molecule has 1 N–H and O–H groups in total. The van der Waals surface area contributed by atoms with E-state index in [1.54, 1.807) is 0 Å². The first-order valence-electron chi connectivity index (χ1n) is 5.69. The fourth-order valence-corrected chi connectivity index (χ4v) is 1.64. The average Bonchev–Trinajstić information content (AvgIpc) is 2.28. The van der Waals surface area contributed by atoms with Crippen LogP contribution in [0.4, 0.5) is 13.2 Å². The van der Waals surface area contributed by atoms with Gasteiger partial charge in [0.05, 0.1) is 0 Å². The highest BCUT2D eigenvalue weighted by Crippen LogP contribution is 2.34. The van der Waals surface area contributed by atoms with Crippen LogP contribution >= 0.6 is 0 Å². The second-order valence-corrected chi connectivity index (χ2v) is 4.27. The predicted molar refractivity (Wildman–Crippen MR) is 61.1 cm³/mol. The summed E-state index contributed by atoms with van der Waals surface area (Å²) in [6.45, 7) is 1.43. The summed E-state index contributed by atoms with van der Waals surface area (Å²) in [7, 11) is 0. The molecule has 0 heterocycles. The Morgan fingerprint density at radius 1 is 1.33 bits per heavy atom. The van der Waals surface area contributed by atoms with Crippen molar-refractivity contribution in [3.63, 3.8) is 0 Å². The zero-order valence-corrected chi connectivity index (χ0v) is 10.0. The number of carboxylic acid groups (broad SMARTS) is 1. The molecule has 0 fully saturated rings. The van der Waals surface area contributed by atoms with Crippen LogP contribution in [0.3, 0.4) is 0 Å². The Bertz CT molecular complexity index is 430. The lowest BCUT2D eigenvalue weighted by molar-refractivity contribution is -0.137. The Hall–Kier alpha value is -1.52. The van der Waals surface area contributed by atoms with Crippen LogP contribution in [-0.2, 0) is 10.7 Å². The zero-order valence-electron chi connectivity index (χ0n) is 10.0. The second kappa shape index (κ2) is 5.89. The number of unbranched alkanes of at least 4 members (excludes halogenated alkanes) is 1. The molecule has 0 saturated carbocycles. The van der Waals surface area contributed by atoms with Gasteiger partial charge in [-0.25, -0.2) is 13.2 Å². The van der Waals surface area contributed by atoms with Crippen molar-refractivity contribution in [3.8, 4) is 0 Å². The molecule has 0 bridgehead atoms. The average molecular weight is 260 g/mol. The van der Waals surface area contributed by atoms with E-state index in [1.807, 2.05) is 0 Å². The van der Waals surface area contributed by atoms with Gasteiger partial charge < -0.3 is 5.11 Å². The van der Waals surface area contributed by atoms with Crippen molar-refractivity contribution < 1.29 is 23.1 Å². The van der Waals surface area contributed by atoms with E-state index in [4.69, 9.17) is 5.11 Å². The first-order chi connectivity index (χ1) is 8.33. The molecule has 1 aromatic rings. The predicted octanol–water partition coefficient (Wildman–Crippen LogP) is 3.87. The summed E-state index contributed by atoms with van der Waals surface area (Å²) < 4.78 is 40.4. The Kier molecular flexibility index (Phi) is 4.76. The Morgan fingerprint density at radius 3 is 2.56 bits per heavy atom. The van der Waals surface area contributed by atoms with Gasteiger partial charge in [0, 0.05) is 18.4 Å². The van der Waals surface area contributed by atoms with E-state index >= 15 is 0 Å². The maximum Gasteiger partial charge on any atom is 0.303 e. The number of carbonyl (C=O) groups is 1. The van der Waals surface area contributed by atoms with Crippen LogP contribution in [0, 0.1) is 12.7 Å². The van der Waals surface area contributed by atoms with Crippen molar-refractivity contribution in [1.29, 1.82) is 0 Å². The SMILES string of the molecule is Cc1cc(C(F)(F)CCCCC(=O)O)ccc1F. The number of hydrogen-bond acceptors (Lipinski definition) is 1. The van der Waals surface area contributed by atoms with Crippen LogP contribution in [0.15, 0.2) is 18.2 Å². The van der Waals surface area contributed by atoms with Gasteiger partial charge in [0.25, 0.3) is 5.92 Å². The van der Waals surface area contributed by atoms with Crippen LogP contribution in [0.1, 0.15) is 36.8 Å². The smallest absolute Gasteiger partial charge is 0.303 e. The van der Waals surface area contributed by atoms with E-state index in [0.717, 1.165) is 18.2 Å². The molecule has 0 aliphatic rings. The summed E-state index contributed by atoms with van der Waals surface area (Å²) in [6.07, 6.45) is -0.204. The van der Waals surface area contributed by atoms with Gasteiger partial charge in [-0.05, 0) is 37.5 Å². The van der Waals surface area contributed by atoms with E-state index < -0.39 is 24.1 Å². The van der Waals surface area contributed by atoms with Gasteiger partial charge in [0.2, 0.25) is 0 Å². The number of hydrogen-bond donors (Lipinski definition) is 1. The van der Waals surface area contributed by atoms with Crippen molar-refractivity contribution in [2.24, 2.45) is 0 Å². The number of rotatable bonds is 6. The first-order valence-corrected chi connectivity index (χ1v) is 5.69. The summed E-state index contributed by atoms with van der Waals surface area (Å²) in [5.41, 5.74) is -0.0468. The molecular weight excluding hydrogens is 245 g/mol. The molecule has 0 radical (unpaired) electrons. The molecule has 0 unspecified atom stereocenters. The van der Waals surface area contributed by atoms with Crippen molar-refractivity contribution >= 4 is 5.97 Å². The van der Waals surface area contributed by atoms with Crippen LogP contribution in [0.25, 0.3) is 0 Å². The fraction of sp³-hybridized carbons (Fsp3) is 0.462. The van der Waals surface area contributed by atoms with Gasteiger partial charge in [-0.3, -0.25) is 4.79 Å². The third kappa shape index (κ3) is 4.05. The van der Waals surface area contributed by atoms with Crippen molar-refractivity contribution in [2.45, 2.75) is 38.5 Å². The molecule has 0 saturated heterocycles. The lowest BCUT2D eigenvalue weighted by Crippen LogP contribution is -2.14. The molecule has 18 heavy (non-hydrogen) atoms. The molecular formula is C13H15F3O2. The van der Waals surface area contributed by atoms with Crippen molar-refractivity contribution in [3.05, 3.63) is 35.1 Å². The molecule has 0 spiro atoms. The van der Waals surface area contributed by atoms with E-state index in [0.29, 0.717) is 0 Å². The van der Waals surface area contributed by atoms with Crippen LogP contribution in [0.2, 0.25) is 0 Å². The van der Waals surface area contributed by atoms with Gasteiger partial charge >= 0.3 is 5.97 Å². The highest BCUT2D eigenvalue weighted by atomic mass is 19.3. The van der Waals surface area contributed by atoms with Crippen LogP contribution in [-0.4, -0.2) is 11.1 Å².